The van der Waals surface area contributed by atoms with Crippen LogP contribution in [0.25, 0.3) is 0 Å². The molecule has 0 fully saturated rings. The first kappa shape index (κ1) is 15.1. The third-order valence-electron chi connectivity index (χ3n) is 2.10. The van der Waals surface area contributed by atoms with Crippen molar-refractivity contribution in [2.24, 2.45) is 5.73 Å². The van der Waals surface area contributed by atoms with Crippen LogP contribution in [0.3, 0.4) is 0 Å². The van der Waals surface area contributed by atoms with Gasteiger partial charge in [-0.3, -0.25) is 4.79 Å². The lowest BCUT2D eigenvalue weighted by molar-refractivity contribution is -0.123. The maximum absolute atomic E-state index is 11.5. The molecule has 0 heterocycles. The molecule has 0 aromatic heterocycles. The first-order chi connectivity index (χ1) is 8.43. The van der Waals surface area contributed by atoms with Crippen molar-refractivity contribution in [1.29, 1.82) is 0 Å². The van der Waals surface area contributed by atoms with Gasteiger partial charge in [-0.2, -0.15) is 0 Å². The summed E-state index contributed by atoms with van der Waals surface area (Å²) in [4.78, 5) is 11.5. The fourth-order valence-electron chi connectivity index (χ4n) is 1.43. The van der Waals surface area contributed by atoms with Crippen molar-refractivity contribution in [2.45, 2.75) is 26.4 Å². The highest BCUT2D eigenvalue weighted by atomic mass is 35.5. The second-order valence-electron chi connectivity index (χ2n) is 4.09. The maximum atomic E-state index is 11.5. The van der Waals surface area contributed by atoms with Gasteiger partial charge in [-0.25, -0.2) is 0 Å². The normalized spacial score (nSPS) is 10.6. The van der Waals surface area contributed by atoms with E-state index in [-0.39, 0.29) is 25.1 Å². The molecule has 4 nitrogen and oxygen atoms in total. The molecule has 0 aliphatic heterocycles. The van der Waals surface area contributed by atoms with E-state index in [0.717, 1.165) is 0 Å². The molecule has 0 atom stereocenters. The van der Waals surface area contributed by atoms with Crippen molar-refractivity contribution in [3.05, 3.63) is 27.7 Å². The van der Waals surface area contributed by atoms with Gasteiger partial charge in [0.2, 0.25) is 0 Å². The summed E-state index contributed by atoms with van der Waals surface area (Å²) in [6.07, 6.45) is 0. The van der Waals surface area contributed by atoms with Gasteiger partial charge in [0.25, 0.3) is 5.91 Å². The number of rotatable bonds is 5. The van der Waals surface area contributed by atoms with Crippen LogP contribution in [-0.4, -0.2) is 18.6 Å². The molecule has 0 saturated carbocycles. The van der Waals surface area contributed by atoms with E-state index in [9.17, 15) is 4.79 Å². The van der Waals surface area contributed by atoms with E-state index >= 15 is 0 Å². The Hall–Kier alpha value is -0.970. The van der Waals surface area contributed by atoms with Gasteiger partial charge >= 0.3 is 0 Å². The monoisotopic (exact) mass is 290 g/mol. The third-order valence-corrected chi connectivity index (χ3v) is 2.60. The second kappa shape index (κ2) is 6.83. The van der Waals surface area contributed by atoms with Crippen LogP contribution in [-0.2, 0) is 11.3 Å². The predicted octanol–water partition coefficient (Wildman–Crippen LogP) is 2.36. The van der Waals surface area contributed by atoms with E-state index in [2.05, 4.69) is 5.32 Å². The number of hydrogen-bond donors (Lipinski definition) is 2. The molecule has 1 aromatic rings. The lowest BCUT2D eigenvalue weighted by atomic mass is 10.2. The number of halogens is 2. The van der Waals surface area contributed by atoms with Crippen molar-refractivity contribution >= 4 is 29.1 Å². The Labute approximate surface area is 116 Å². The fraction of sp³-hybridized carbons (Fsp3) is 0.417. The second-order valence-corrected chi connectivity index (χ2v) is 4.93. The molecule has 0 unspecified atom stereocenters. The summed E-state index contributed by atoms with van der Waals surface area (Å²) in [5.41, 5.74) is 6.25. The molecule has 1 rings (SSSR count). The zero-order chi connectivity index (χ0) is 13.7. The van der Waals surface area contributed by atoms with Crippen LogP contribution in [0, 0.1) is 0 Å². The number of amides is 1. The fourth-order valence-corrected chi connectivity index (χ4v) is 2.02. The number of nitrogens with one attached hydrogen (secondary N) is 1. The largest absolute Gasteiger partial charge is 0.482 e. The van der Waals surface area contributed by atoms with E-state index in [4.69, 9.17) is 33.7 Å². The van der Waals surface area contributed by atoms with E-state index in [1.165, 1.54) is 0 Å². The zero-order valence-electron chi connectivity index (χ0n) is 10.3. The molecule has 18 heavy (non-hydrogen) atoms. The molecule has 1 aromatic carbocycles. The molecule has 1 amide bonds. The van der Waals surface area contributed by atoms with Crippen LogP contribution >= 0.6 is 23.2 Å². The Morgan fingerprint density at radius 3 is 2.67 bits per heavy atom. The molecule has 0 saturated heterocycles. The summed E-state index contributed by atoms with van der Waals surface area (Å²) in [6, 6.07) is 3.29. The molecule has 0 spiro atoms. The minimum absolute atomic E-state index is 0.0655. The van der Waals surface area contributed by atoms with E-state index in [1.807, 2.05) is 13.8 Å². The summed E-state index contributed by atoms with van der Waals surface area (Å²) in [6.45, 7) is 3.88. The standard InChI is InChI=1S/C12H16Cl2N2O2/c1-7(2)16-11(17)6-18-12-8(5-15)3-9(13)4-10(12)14/h3-4,7H,5-6,15H2,1-2H3,(H,16,17). The maximum Gasteiger partial charge on any atom is 0.258 e. The van der Waals surface area contributed by atoms with Crippen LogP contribution in [0.2, 0.25) is 10.0 Å². The Balaban J connectivity index is 2.75. The number of ether oxygens (including phenoxy) is 1. The number of hydrogen-bond acceptors (Lipinski definition) is 3. The van der Waals surface area contributed by atoms with Gasteiger partial charge in [-0.05, 0) is 26.0 Å². The molecule has 3 N–H and O–H groups in total. The van der Waals surface area contributed by atoms with E-state index in [1.54, 1.807) is 12.1 Å². The molecule has 0 aliphatic rings. The molecule has 100 valence electrons. The number of carbonyl (C=O) groups excluding carboxylic acids is 1. The van der Waals surface area contributed by atoms with Gasteiger partial charge in [-0.15, -0.1) is 0 Å². The lowest BCUT2D eigenvalue weighted by Crippen LogP contribution is -2.34. The topological polar surface area (TPSA) is 64.3 Å². The molecular formula is C12H16Cl2N2O2. The van der Waals surface area contributed by atoms with Gasteiger partial charge in [-0.1, -0.05) is 23.2 Å². The number of nitrogens with two attached hydrogens (primary N) is 1. The quantitative estimate of drug-likeness (QED) is 0.875. The van der Waals surface area contributed by atoms with E-state index < -0.39 is 0 Å². The average Bonchev–Trinajstić information content (AvgIpc) is 2.25. The van der Waals surface area contributed by atoms with Crippen molar-refractivity contribution in [3.63, 3.8) is 0 Å². The summed E-state index contributed by atoms with van der Waals surface area (Å²) in [5.74, 6) is 0.196. The highest BCUT2D eigenvalue weighted by Crippen LogP contribution is 2.32. The first-order valence-electron chi connectivity index (χ1n) is 5.54. The summed E-state index contributed by atoms with van der Waals surface area (Å²) in [7, 11) is 0. The summed E-state index contributed by atoms with van der Waals surface area (Å²) in [5, 5.41) is 3.55. The average molecular weight is 291 g/mol. The molecule has 0 aliphatic carbocycles. The Morgan fingerprint density at radius 2 is 2.11 bits per heavy atom. The van der Waals surface area contributed by atoms with Crippen LogP contribution in [0.15, 0.2) is 12.1 Å². The predicted molar refractivity (Wildman–Crippen MR) is 73.1 cm³/mol. The van der Waals surface area contributed by atoms with Crippen LogP contribution in [0.5, 0.6) is 5.75 Å². The Kier molecular flexibility index (Phi) is 5.72. The molecule has 6 heteroatoms. The highest BCUT2D eigenvalue weighted by molar-refractivity contribution is 6.35. The summed E-state index contributed by atoms with van der Waals surface area (Å²) < 4.78 is 5.39. The van der Waals surface area contributed by atoms with Crippen LogP contribution in [0.1, 0.15) is 19.4 Å². The lowest BCUT2D eigenvalue weighted by Gasteiger charge is -2.13. The van der Waals surface area contributed by atoms with Crippen molar-refractivity contribution in [1.82, 2.24) is 5.32 Å². The van der Waals surface area contributed by atoms with Crippen LogP contribution < -0.4 is 15.8 Å². The Bertz CT molecular complexity index is 436. The zero-order valence-corrected chi connectivity index (χ0v) is 11.8. The highest BCUT2D eigenvalue weighted by Gasteiger charge is 2.12. The van der Waals surface area contributed by atoms with Gasteiger partial charge in [0.1, 0.15) is 5.75 Å². The third kappa shape index (κ3) is 4.37. The summed E-state index contributed by atoms with van der Waals surface area (Å²) >= 11 is 11.9. The van der Waals surface area contributed by atoms with Crippen molar-refractivity contribution < 1.29 is 9.53 Å². The van der Waals surface area contributed by atoms with Gasteiger partial charge in [0, 0.05) is 23.2 Å². The SMILES string of the molecule is CC(C)NC(=O)COc1c(Cl)cc(Cl)cc1CN. The molecule has 0 bridgehead atoms. The molecule has 0 radical (unpaired) electrons. The van der Waals surface area contributed by atoms with Crippen LogP contribution in [0.4, 0.5) is 0 Å². The minimum Gasteiger partial charge on any atom is -0.482 e. The first-order valence-corrected chi connectivity index (χ1v) is 6.29. The van der Waals surface area contributed by atoms with Gasteiger partial charge < -0.3 is 15.8 Å². The van der Waals surface area contributed by atoms with E-state index in [0.29, 0.717) is 21.4 Å². The Morgan fingerprint density at radius 1 is 1.44 bits per heavy atom. The van der Waals surface area contributed by atoms with Gasteiger partial charge in [0.15, 0.2) is 6.61 Å². The minimum atomic E-state index is -0.209. The van der Waals surface area contributed by atoms with Gasteiger partial charge in [0.05, 0.1) is 5.02 Å². The molecular weight excluding hydrogens is 275 g/mol. The van der Waals surface area contributed by atoms with Crippen molar-refractivity contribution in [2.75, 3.05) is 6.61 Å². The van der Waals surface area contributed by atoms with Crippen molar-refractivity contribution in [3.8, 4) is 5.75 Å². The smallest absolute Gasteiger partial charge is 0.258 e. The number of carbonyl (C=O) groups is 1. The number of benzene rings is 1.